The van der Waals surface area contributed by atoms with Crippen molar-refractivity contribution >= 4 is 29.6 Å². The molecule has 0 spiro atoms. The number of primary amides is 1. The highest BCUT2D eigenvalue weighted by atomic mass is 16.4. The fourth-order valence-corrected chi connectivity index (χ4v) is 2.46. The van der Waals surface area contributed by atoms with E-state index in [-0.39, 0.29) is 12.8 Å². The molecule has 0 aliphatic rings. The summed E-state index contributed by atoms with van der Waals surface area (Å²) >= 11 is 0. The van der Waals surface area contributed by atoms with Gasteiger partial charge in [-0.2, -0.15) is 0 Å². The van der Waals surface area contributed by atoms with Crippen LogP contribution in [0.1, 0.15) is 25.3 Å². The first-order chi connectivity index (χ1) is 14.1. The molecule has 0 aliphatic carbocycles. The monoisotopic (exact) mass is 421 g/mol. The van der Waals surface area contributed by atoms with Crippen LogP contribution in [0.15, 0.2) is 30.3 Å². The van der Waals surface area contributed by atoms with E-state index in [1.807, 2.05) is 30.3 Å². The van der Waals surface area contributed by atoms with Gasteiger partial charge in [0.25, 0.3) is 0 Å². The second kappa shape index (κ2) is 12.2. The van der Waals surface area contributed by atoms with E-state index in [0.717, 1.165) is 5.56 Å². The van der Waals surface area contributed by atoms with Crippen molar-refractivity contribution in [3.8, 4) is 0 Å². The Morgan fingerprint density at radius 3 is 2.23 bits per heavy atom. The molecule has 0 saturated heterocycles. The molecule has 0 aliphatic heterocycles. The molecule has 0 fully saturated rings. The van der Waals surface area contributed by atoms with Gasteiger partial charge in [-0.05, 0) is 25.3 Å². The number of carboxylic acids is 1. The predicted molar refractivity (Wildman–Crippen MR) is 107 cm³/mol. The molecule has 1 aromatic rings. The third-order valence-corrected chi connectivity index (χ3v) is 4.12. The summed E-state index contributed by atoms with van der Waals surface area (Å²) in [5.41, 5.74) is 11.7. The lowest BCUT2D eigenvalue weighted by molar-refractivity contribution is -0.142. The average molecular weight is 421 g/mol. The average Bonchev–Trinajstić information content (AvgIpc) is 2.69. The number of aliphatic carboxylic acids is 1. The molecular weight excluding hydrogens is 394 g/mol. The summed E-state index contributed by atoms with van der Waals surface area (Å²) in [6.07, 6.45) is -0.0860. The quantitative estimate of drug-likeness (QED) is 0.225. The molecule has 1 rings (SSSR count). The van der Waals surface area contributed by atoms with Gasteiger partial charge in [0, 0.05) is 6.42 Å². The molecule has 11 heteroatoms. The lowest BCUT2D eigenvalue weighted by Gasteiger charge is -2.18. The lowest BCUT2D eigenvalue weighted by atomic mass is 10.1. The van der Waals surface area contributed by atoms with E-state index >= 15 is 0 Å². The standard InChI is InChI=1S/C19H27N5O6/c1-11(23-18(28)13(20)9-12-5-3-2-4-6-12)17(27)22-10-16(26)24-14(19(29)30)7-8-15(21)25/h2-6,11,13-14H,7-10,20H2,1H3,(H2,21,25)(H,22,27)(H,23,28)(H,24,26)(H,29,30)/t11-,13-,14-/m0/s1. The van der Waals surface area contributed by atoms with Crippen molar-refractivity contribution in [2.24, 2.45) is 11.5 Å². The van der Waals surface area contributed by atoms with Gasteiger partial charge in [0.15, 0.2) is 0 Å². The van der Waals surface area contributed by atoms with Crippen molar-refractivity contribution in [1.29, 1.82) is 0 Å². The van der Waals surface area contributed by atoms with E-state index in [4.69, 9.17) is 16.6 Å². The third kappa shape index (κ3) is 9.15. The first-order valence-electron chi connectivity index (χ1n) is 9.28. The number of carbonyl (C=O) groups is 5. The molecule has 0 saturated carbocycles. The Labute approximate surface area is 173 Å². The normalized spacial score (nSPS) is 13.4. The predicted octanol–water partition coefficient (Wildman–Crippen LogP) is -1.99. The summed E-state index contributed by atoms with van der Waals surface area (Å²) in [4.78, 5) is 57.9. The molecular formula is C19H27N5O6. The Morgan fingerprint density at radius 2 is 1.67 bits per heavy atom. The number of nitrogens with two attached hydrogens (primary N) is 2. The summed E-state index contributed by atoms with van der Waals surface area (Å²) in [5, 5.41) is 16.0. The molecule has 0 radical (unpaired) electrons. The molecule has 4 amide bonds. The van der Waals surface area contributed by atoms with Gasteiger partial charge < -0.3 is 32.5 Å². The molecule has 0 bridgehead atoms. The van der Waals surface area contributed by atoms with Crippen molar-refractivity contribution in [2.45, 2.75) is 44.3 Å². The minimum Gasteiger partial charge on any atom is -0.480 e. The smallest absolute Gasteiger partial charge is 0.326 e. The van der Waals surface area contributed by atoms with Crippen LogP contribution < -0.4 is 27.4 Å². The number of rotatable bonds is 12. The van der Waals surface area contributed by atoms with Gasteiger partial charge in [0.1, 0.15) is 12.1 Å². The Hall–Kier alpha value is -3.47. The summed E-state index contributed by atoms with van der Waals surface area (Å²) in [6.45, 7) is 0.919. The molecule has 3 atom stereocenters. The molecule has 0 unspecified atom stereocenters. The van der Waals surface area contributed by atoms with Gasteiger partial charge >= 0.3 is 5.97 Å². The van der Waals surface area contributed by atoms with Crippen LogP contribution in [-0.2, 0) is 30.4 Å². The molecule has 8 N–H and O–H groups in total. The maximum atomic E-state index is 12.1. The summed E-state index contributed by atoms with van der Waals surface area (Å²) in [7, 11) is 0. The Balaban J connectivity index is 2.43. The Kier molecular flexibility index (Phi) is 9.97. The van der Waals surface area contributed by atoms with Crippen molar-refractivity contribution < 1.29 is 29.1 Å². The largest absolute Gasteiger partial charge is 0.480 e. The van der Waals surface area contributed by atoms with Crippen molar-refractivity contribution in [3.63, 3.8) is 0 Å². The first kappa shape index (κ1) is 24.6. The van der Waals surface area contributed by atoms with E-state index in [1.54, 1.807) is 0 Å². The Morgan fingerprint density at radius 1 is 1.03 bits per heavy atom. The van der Waals surface area contributed by atoms with Crippen molar-refractivity contribution in [1.82, 2.24) is 16.0 Å². The maximum Gasteiger partial charge on any atom is 0.326 e. The maximum absolute atomic E-state index is 12.1. The van der Waals surface area contributed by atoms with Crippen LogP contribution in [0.4, 0.5) is 0 Å². The molecule has 0 aromatic heterocycles. The molecule has 164 valence electrons. The number of hydrogen-bond acceptors (Lipinski definition) is 6. The minimum absolute atomic E-state index is 0.171. The fraction of sp³-hybridized carbons (Fsp3) is 0.421. The van der Waals surface area contributed by atoms with Crippen LogP contribution in [0.5, 0.6) is 0 Å². The summed E-state index contributed by atoms with van der Waals surface area (Å²) in [5.74, 6) is -3.96. The second-order valence-corrected chi connectivity index (χ2v) is 6.71. The fourth-order valence-electron chi connectivity index (χ4n) is 2.46. The number of nitrogens with one attached hydrogen (secondary N) is 3. The number of carboxylic acid groups (broad SMARTS) is 1. The first-order valence-corrected chi connectivity index (χ1v) is 9.28. The van der Waals surface area contributed by atoms with E-state index in [9.17, 15) is 24.0 Å². The molecule has 30 heavy (non-hydrogen) atoms. The van der Waals surface area contributed by atoms with Crippen LogP contribution in [0.2, 0.25) is 0 Å². The van der Waals surface area contributed by atoms with Crippen LogP contribution in [-0.4, -0.2) is 59.4 Å². The van der Waals surface area contributed by atoms with Crippen LogP contribution in [0.25, 0.3) is 0 Å². The Bertz CT molecular complexity index is 770. The SMILES string of the molecule is C[C@H](NC(=O)[C@@H](N)Cc1ccccc1)C(=O)NCC(=O)N[C@@H](CCC(N)=O)C(=O)O. The van der Waals surface area contributed by atoms with Crippen LogP contribution in [0.3, 0.4) is 0 Å². The zero-order valence-electron chi connectivity index (χ0n) is 16.6. The van der Waals surface area contributed by atoms with Crippen molar-refractivity contribution in [3.05, 3.63) is 35.9 Å². The highest BCUT2D eigenvalue weighted by Gasteiger charge is 2.23. The van der Waals surface area contributed by atoms with Crippen LogP contribution in [0, 0.1) is 0 Å². The number of carbonyl (C=O) groups excluding carboxylic acids is 4. The second-order valence-electron chi connectivity index (χ2n) is 6.71. The third-order valence-electron chi connectivity index (χ3n) is 4.12. The number of hydrogen-bond donors (Lipinski definition) is 6. The van der Waals surface area contributed by atoms with Gasteiger partial charge in [-0.15, -0.1) is 0 Å². The molecule has 0 heterocycles. The number of amides is 4. The van der Waals surface area contributed by atoms with E-state index in [1.165, 1.54) is 6.92 Å². The minimum atomic E-state index is -1.33. The van der Waals surface area contributed by atoms with E-state index in [2.05, 4.69) is 16.0 Å². The van der Waals surface area contributed by atoms with Gasteiger partial charge in [0.2, 0.25) is 23.6 Å². The molecule has 1 aromatic carbocycles. The highest BCUT2D eigenvalue weighted by Crippen LogP contribution is 2.02. The zero-order valence-corrected chi connectivity index (χ0v) is 16.6. The van der Waals surface area contributed by atoms with Gasteiger partial charge in [-0.3, -0.25) is 19.2 Å². The van der Waals surface area contributed by atoms with Gasteiger partial charge in [-0.1, -0.05) is 30.3 Å². The van der Waals surface area contributed by atoms with Crippen molar-refractivity contribution in [2.75, 3.05) is 6.54 Å². The summed E-state index contributed by atoms with van der Waals surface area (Å²) < 4.78 is 0. The number of benzene rings is 1. The molecule has 11 nitrogen and oxygen atoms in total. The van der Waals surface area contributed by atoms with E-state index in [0.29, 0.717) is 6.42 Å². The lowest BCUT2D eigenvalue weighted by Crippen LogP contribution is -2.52. The van der Waals surface area contributed by atoms with Gasteiger partial charge in [-0.25, -0.2) is 4.79 Å². The van der Waals surface area contributed by atoms with Gasteiger partial charge in [0.05, 0.1) is 12.6 Å². The highest BCUT2D eigenvalue weighted by molar-refractivity contribution is 5.92. The van der Waals surface area contributed by atoms with E-state index < -0.39 is 54.3 Å². The topological polar surface area (TPSA) is 194 Å². The zero-order chi connectivity index (χ0) is 22.7. The van der Waals surface area contributed by atoms with Crippen LogP contribution >= 0.6 is 0 Å². The summed E-state index contributed by atoms with van der Waals surface area (Å²) in [6, 6.07) is 6.02.